The first-order valence-electron chi connectivity index (χ1n) is 9.76. The highest BCUT2D eigenvalue weighted by atomic mass is 19.4. The van der Waals surface area contributed by atoms with Crippen LogP contribution in [0, 0.1) is 11.6 Å². The van der Waals surface area contributed by atoms with E-state index in [1.807, 2.05) is 0 Å². The van der Waals surface area contributed by atoms with E-state index in [0.717, 1.165) is 35.3 Å². The van der Waals surface area contributed by atoms with Gasteiger partial charge in [-0.1, -0.05) is 6.07 Å². The van der Waals surface area contributed by atoms with Gasteiger partial charge >= 0.3 is 12.1 Å². The van der Waals surface area contributed by atoms with Gasteiger partial charge in [0.25, 0.3) is 0 Å². The fourth-order valence-corrected chi connectivity index (χ4v) is 3.41. The lowest BCUT2D eigenvalue weighted by Crippen LogP contribution is -2.48. The number of hydrogen-bond acceptors (Lipinski definition) is 6. The Bertz CT molecular complexity index is 1350. The quantitative estimate of drug-likeness (QED) is 0.384. The predicted molar refractivity (Wildman–Crippen MR) is 105 cm³/mol. The molecule has 1 N–H and O–H groups in total. The highest BCUT2D eigenvalue weighted by molar-refractivity contribution is 5.80. The number of benzene rings is 2. The first-order valence-corrected chi connectivity index (χ1v) is 9.76. The number of fused-ring (bicyclic) bond motifs is 1. The summed E-state index contributed by atoms with van der Waals surface area (Å²) in [5.41, 5.74) is -5.31. The van der Waals surface area contributed by atoms with Crippen LogP contribution in [0.3, 0.4) is 0 Å². The Morgan fingerprint density at radius 2 is 1.71 bits per heavy atom. The van der Waals surface area contributed by atoms with Gasteiger partial charge in [0.05, 0.1) is 12.1 Å². The van der Waals surface area contributed by atoms with Crippen molar-refractivity contribution in [3.63, 3.8) is 0 Å². The number of ether oxygens (including phenoxy) is 1. The van der Waals surface area contributed by atoms with Crippen LogP contribution in [0.1, 0.15) is 11.3 Å². The summed E-state index contributed by atoms with van der Waals surface area (Å²) in [6.07, 6.45) is -3.66. The molecule has 0 bridgehead atoms. The van der Waals surface area contributed by atoms with E-state index in [0.29, 0.717) is 18.2 Å². The van der Waals surface area contributed by atoms with Gasteiger partial charge in [-0.2, -0.15) is 22.0 Å². The third-order valence-electron chi connectivity index (χ3n) is 5.06. The second-order valence-corrected chi connectivity index (χ2v) is 7.52. The summed E-state index contributed by atoms with van der Waals surface area (Å²) in [6.45, 7) is -2.57. The van der Waals surface area contributed by atoms with Gasteiger partial charge in [0, 0.05) is 17.0 Å². The van der Waals surface area contributed by atoms with Gasteiger partial charge in [0.2, 0.25) is 0 Å². The number of alkyl halides is 5. The largest absolute Gasteiger partial charge is 0.484 e. The SMILES string of the molecule is OC(Cn1cnnn1)(c1ccc(F)cc1F)C(F)(F)c1ccc2cc(OCC(F)(F)F)ccc2n1. The minimum atomic E-state index is -4.57. The van der Waals surface area contributed by atoms with Crippen LogP contribution < -0.4 is 4.74 Å². The summed E-state index contributed by atoms with van der Waals surface area (Å²) in [5.74, 6) is -6.93. The smallest absolute Gasteiger partial charge is 0.422 e. The molecule has 0 fully saturated rings. The molecule has 2 aromatic heterocycles. The maximum absolute atomic E-state index is 15.8. The summed E-state index contributed by atoms with van der Waals surface area (Å²) in [5, 5.41) is 21.4. The molecule has 0 aliphatic heterocycles. The molecular weight excluding hydrogens is 487 g/mol. The fraction of sp³-hybridized carbons (Fsp3) is 0.238. The molecule has 14 heteroatoms. The second-order valence-electron chi connectivity index (χ2n) is 7.52. The lowest BCUT2D eigenvalue weighted by Gasteiger charge is -2.35. The van der Waals surface area contributed by atoms with Crippen LogP contribution in [-0.2, 0) is 18.1 Å². The molecule has 0 radical (unpaired) electrons. The van der Waals surface area contributed by atoms with Crippen LogP contribution in [0.2, 0.25) is 0 Å². The predicted octanol–water partition coefficient (Wildman–Crippen LogP) is 4.12. The average Bonchev–Trinajstić information content (AvgIpc) is 3.29. The molecule has 7 nitrogen and oxygen atoms in total. The number of aromatic nitrogens is 5. The fourth-order valence-electron chi connectivity index (χ4n) is 3.41. The van der Waals surface area contributed by atoms with E-state index in [-0.39, 0.29) is 16.7 Å². The molecule has 1 atom stereocenters. The molecule has 184 valence electrons. The third kappa shape index (κ3) is 4.87. The van der Waals surface area contributed by atoms with Crippen molar-refractivity contribution in [2.45, 2.75) is 24.2 Å². The van der Waals surface area contributed by atoms with Crippen molar-refractivity contribution in [1.82, 2.24) is 25.2 Å². The molecular formula is C21H14F7N5O2. The second kappa shape index (κ2) is 8.76. The monoisotopic (exact) mass is 501 g/mol. The first-order chi connectivity index (χ1) is 16.4. The highest BCUT2D eigenvalue weighted by Crippen LogP contribution is 2.47. The molecule has 4 aromatic rings. The van der Waals surface area contributed by atoms with Crippen LogP contribution in [-0.4, -0.2) is 43.1 Å². The van der Waals surface area contributed by atoms with E-state index in [4.69, 9.17) is 0 Å². The van der Waals surface area contributed by atoms with Gasteiger partial charge in [0.1, 0.15) is 29.4 Å². The van der Waals surface area contributed by atoms with Gasteiger partial charge in [-0.3, -0.25) is 0 Å². The molecule has 2 heterocycles. The number of tetrazole rings is 1. The topological polar surface area (TPSA) is 86.0 Å². The van der Waals surface area contributed by atoms with Crippen molar-refractivity contribution >= 4 is 10.9 Å². The van der Waals surface area contributed by atoms with Crippen LogP contribution in [0.5, 0.6) is 5.75 Å². The van der Waals surface area contributed by atoms with E-state index in [9.17, 15) is 27.1 Å². The molecule has 4 rings (SSSR count). The minimum Gasteiger partial charge on any atom is -0.484 e. The molecule has 0 saturated heterocycles. The summed E-state index contributed by atoms with van der Waals surface area (Å²) in [4.78, 5) is 3.82. The van der Waals surface area contributed by atoms with Crippen molar-refractivity contribution in [2.24, 2.45) is 0 Å². The highest BCUT2D eigenvalue weighted by Gasteiger charge is 2.58. The molecule has 0 aliphatic carbocycles. The van der Waals surface area contributed by atoms with E-state index in [1.165, 1.54) is 6.07 Å². The number of rotatable bonds is 7. The summed E-state index contributed by atoms with van der Waals surface area (Å²) < 4.78 is 102. The van der Waals surface area contributed by atoms with Crippen LogP contribution in [0.4, 0.5) is 30.7 Å². The Morgan fingerprint density at radius 1 is 0.943 bits per heavy atom. The van der Waals surface area contributed by atoms with E-state index in [2.05, 4.69) is 25.2 Å². The van der Waals surface area contributed by atoms with Gasteiger partial charge in [0.15, 0.2) is 12.2 Å². The summed E-state index contributed by atoms with van der Waals surface area (Å²) >= 11 is 0. The van der Waals surface area contributed by atoms with Crippen molar-refractivity contribution < 1.29 is 40.6 Å². The zero-order chi connectivity index (χ0) is 25.4. The number of halogens is 7. The van der Waals surface area contributed by atoms with Crippen molar-refractivity contribution in [3.8, 4) is 5.75 Å². The molecule has 2 aromatic carbocycles. The van der Waals surface area contributed by atoms with E-state index in [1.54, 1.807) is 0 Å². The maximum atomic E-state index is 15.8. The lowest BCUT2D eigenvalue weighted by atomic mass is 9.84. The first kappa shape index (κ1) is 24.3. The summed E-state index contributed by atoms with van der Waals surface area (Å²) in [7, 11) is 0. The Hall–Kier alpha value is -3.81. The third-order valence-corrected chi connectivity index (χ3v) is 5.06. The van der Waals surface area contributed by atoms with E-state index >= 15 is 8.78 Å². The Morgan fingerprint density at radius 3 is 2.37 bits per heavy atom. The molecule has 0 spiro atoms. The zero-order valence-electron chi connectivity index (χ0n) is 17.3. The number of pyridine rings is 1. The number of nitrogens with zero attached hydrogens (tertiary/aromatic N) is 5. The molecule has 1 unspecified atom stereocenters. The molecule has 0 aliphatic rings. The van der Waals surface area contributed by atoms with Crippen molar-refractivity contribution in [1.29, 1.82) is 0 Å². The van der Waals surface area contributed by atoms with Gasteiger partial charge in [-0.05, 0) is 46.8 Å². The number of hydrogen-bond donors (Lipinski definition) is 1. The van der Waals surface area contributed by atoms with E-state index < -0.39 is 53.7 Å². The Kier molecular flexibility index (Phi) is 6.09. The van der Waals surface area contributed by atoms with Crippen molar-refractivity contribution in [3.05, 3.63) is 77.8 Å². The van der Waals surface area contributed by atoms with Gasteiger partial charge < -0.3 is 9.84 Å². The lowest BCUT2D eigenvalue weighted by molar-refractivity contribution is -0.207. The van der Waals surface area contributed by atoms with Crippen LogP contribution in [0.15, 0.2) is 54.9 Å². The van der Waals surface area contributed by atoms with Crippen molar-refractivity contribution in [2.75, 3.05) is 6.61 Å². The molecule has 0 saturated carbocycles. The summed E-state index contributed by atoms with van der Waals surface area (Å²) in [6, 6.07) is 7.10. The van der Waals surface area contributed by atoms with Gasteiger partial charge in [-0.25, -0.2) is 18.4 Å². The molecule has 0 amide bonds. The standard InChI is InChI=1S/C21H14F7N5O2/c22-13-2-4-15(16(23)8-13)19(34,9-33-11-29-31-32-33)21(27,28)18-6-1-12-7-14(3-5-17(12)30-18)35-10-20(24,25)26/h1-8,11,34H,9-10H2. The van der Waals surface area contributed by atoms with Crippen LogP contribution in [0.25, 0.3) is 10.9 Å². The minimum absolute atomic E-state index is 0.0640. The Labute approximate surface area is 191 Å². The average molecular weight is 501 g/mol. The maximum Gasteiger partial charge on any atom is 0.422 e. The Balaban J connectivity index is 1.76. The normalized spacial score (nSPS) is 14.2. The zero-order valence-corrected chi connectivity index (χ0v) is 17.3. The van der Waals surface area contributed by atoms with Crippen LogP contribution >= 0.6 is 0 Å². The molecule has 35 heavy (non-hydrogen) atoms. The number of aliphatic hydroxyl groups is 1. The van der Waals surface area contributed by atoms with Gasteiger partial charge in [-0.15, -0.1) is 5.10 Å².